The van der Waals surface area contributed by atoms with Gasteiger partial charge in [-0.3, -0.25) is 19.6 Å². The molecule has 2 aromatic heterocycles. The molecule has 3 heterocycles. The highest BCUT2D eigenvalue weighted by Crippen LogP contribution is 2.36. The van der Waals surface area contributed by atoms with Crippen LogP contribution < -0.4 is 5.76 Å². The third kappa shape index (κ3) is 3.22. The zero-order valence-corrected chi connectivity index (χ0v) is 16.3. The van der Waals surface area contributed by atoms with E-state index in [2.05, 4.69) is 11.0 Å². The van der Waals surface area contributed by atoms with Crippen LogP contribution >= 0.6 is 11.3 Å². The summed E-state index contributed by atoms with van der Waals surface area (Å²) in [7, 11) is 0. The van der Waals surface area contributed by atoms with E-state index in [4.69, 9.17) is 9.40 Å². The van der Waals surface area contributed by atoms with E-state index in [1.165, 1.54) is 22.8 Å². The van der Waals surface area contributed by atoms with Crippen molar-refractivity contribution < 1.29 is 9.34 Å². The molecule has 1 fully saturated rings. The molecule has 0 N–H and O–H groups in total. The average Bonchev–Trinajstić information content (AvgIpc) is 3.29. The quantitative estimate of drug-likeness (QED) is 0.368. The number of rotatable bonds is 4. The average molecular weight is 410 g/mol. The predicted molar refractivity (Wildman–Crippen MR) is 110 cm³/mol. The fraction of sp³-hybridized carbons (Fsp3) is 0.300. The van der Waals surface area contributed by atoms with Gasteiger partial charge in [-0.25, -0.2) is 9.78 Å². The number of fused-ring (bicyclic) bond motifs is 2. The van der Waals surface area contributed by atoms with Crippen LogP contribution in [-0.2, 0) is 6.67 Å². The summed E-state index contributed by atoms with van der Waals surface area (Å²) < 4.78 is 7.94. The molecule has 0 bridgehead atoms. The van der Waals surface area contributed by atoms with Crippen LogP contribution in [0.25, 0.3) is 21.3 Å². The summed E-state index contributed by atoms with van der Waals surface area (Å²) >= 11 is 1.68. The number of para-hydroxylation sites is 1. The molecular weight excluding hydrogens is 392 g/mol. The van der Waals surface area contributed by atoms with Crippen LogP contribution in [0.1, 0.15) is 30.3 Å². The molecule has 1 saturated heterocycles. The first kappa shape index (κ1) is 18.0. The molecule has 0 saturated carbocycles. The Labute approximate surface area is 169 Å². The van der Waals surface area contributed by atoms with Crippen molar-refractivity contribution in [3.8, 4) is 0 Å². The second-order valence-corrected chi connectivity index (χ2v) is 8.25. The van der Waals surface area contributed by atoms with E-state index in [-0.39, 0.29) is 11.7 Å². The van der Waals surface area contributed by atoms with Gasteiger partial charge in [-0.15, -0.1) is 11.3 Å². The molecule has 0 amide bonds. The van der Waals surface area contributed by atoms with Crippen LogP contribution in [0.2, 0.25) is 0 Å². The fourth-order valence-corrected chi connectivity index (χ4v) is 5.09. The molecule has 0 spiro atoms. The lowest BCUT2D eigenvalue weighted by Gasteiger charge is -2.34. The smallest absolute Gasteiger partial charge is 0.408 e. The molecule has 1 aliphatic heterocycles. The lowest BCUT2D eigenvalue weighted by Crippen LogP contribution is -2.37. The van der Waals surface area contributed by atoms with Crippen molar-refractivity contribution in [2.24, 2.45) is 0 Å². The third-order valence-corrected chi connectivity index (χ3v) is 6.53. The number of oxazole rings is 1. The Morgan fingerprint density at radius 3 is 2.93 bits per heavy atom. The van der Waals surface area contributed by atoms with E-state index < -0.39 is 10.7 Å². The van der Waals surface area contributed by atoms with Gasteiger partial charge in [0.15, 0.2) is 5.58 Å². The van der Waals surface area contributed by atoms with Crippen molar-refractivity contribution in [3.05, 3.63) is 68.1 Å². The minimum Gasteiger partial charge on any atom is -0.408 e. The molecule has 4 aromatic rings. The summed E-state index contributed by atoms with van der Waals surface area (Å²) in [6, 6.07) is 12.4. The largest absolute Gasteiger partial charge is 0.421 e. The number of aromatic nitrogens is 2. The summed E-state index contributed by atoms with van der Waals surface area (Å²) in [6.45, 7) is 1.14. The van der Waals surface area contributed by atoms with Gasteiger partial charge in [0.05, 0.1) is 33.4 Å². The Bertz CT molecular complexity index is 1240. The second-order valence-electron chi connectivity index (χ2n) is 7.19. The van der Waals surface area contributed by atoms with Crippen LogP contribution in [0, 0.1) is 10.1 Å². The number of thiazole rings is 1. The number of hydrogen-bond acceptors (Lipinski definition) is 7. The monoisotopic (exact) mass is 410 g/mol. The van der Waals surface area contributed by atoms with Gasteiger partial charge in [0.25, 0.3) is 5.69 Å². The van der Waals surface area contributed by atoms with E-state index in [0.29, 0.717) is 17.8 Å². The first-order chi connectivity index (χ1) is 14.1. The number of nitro benzene ring substituents is 1. The summed E-state index contributed by atoms with van der Waals surface area (Å²) in [4.78, 5) is 30.2. The van der Waals surface area contributed by atoms with E-state index in [1.807, 2.05) is 18.2 Å². The van der Waals surface area contributed by atoms with Gasteiger partial charge in [0.2, 0.25) is 0 Å². The molecule has 9 heteroatoms. The van der Waals surface area contributed by atoms with E-state index in [9.17, 15) is 14.9 Å². The van der Waals surface area contributed by atoms with E-state index >= 15 is 0 Å². The third-order valence-electron chi connectivity index (χ3n) is 5.39. The number of piperidine rings is 1. The van der Waals surface area contributed by atoms with Gasteiger partial charge in [-0.1, -0.05) is 18.6 Å². The zero-order chi connectivity index (χ0) is 20.0. The molecule has 148 valence electrons. The molecule has 0 radical (unpaired) electrons. The molecular formula is C20H18N4O4S. The van der Waals surface area contributed by atoms with Gasteiger partial charge in [0.1, 0.15) is 5.01 Å². The number of nitro groups is 1. The lowest BCUT2D eigenvalue weighted by molar-refractivity contribution is -0.384. The maximum Gasteiger partial charge on any atom is 0.421 e. The first-order valence-corrected chi connectivity index (χ1v) is 10.3. The molecule has 0 aliphatic carbocycles. The normalized spacial score (nSPS) is 17.9. The van der Waals surface area contributed by atoms with Crippen molar-refractivity contribution >= 4 is 38.3 Å². The van der Waals surface area contributed by atoms with Crippen LogP contribution in [0.4, 0.5) is 5.69 Å². The number of non-ortho nitro benzene ring substituents is 1. The molecule has 8 nitrogen and oxygen atoms in total. The van der Waals surface area contributed by atoms with E-state index in [1.54, 1.807) is 11.3 Å². The number of nitrogens with zero attached hydrogens (tertiary/aromatic N) is 4. The highest BCUT2D eigenvalue weighted by molar-refractivity contribution is 7.18. The molecule has 1 atom stereocenters. The summed E-state index contributed by atoms with van der Waals surface area (Å²) in [6.07, 6.45) is 3.10. The fourth-order valence-electron chi connectivity index (χ4n) is 3.95. The Morgan fingerprint density at radius 2 is 2.10 bits per heavy atom. The standard InChI is InChI=1S/C20H18N4O4S/c25-20-23(16-11-13(24(26)27)8-9-17(16)28-20)12-22-10-4-3-6-15(22)19-21-14-5-1-2-7-18(14)29-19/h1-2,5,7-9,11,15H,3-4,6,10,12H2/t15-/m1/s1. The molecule has 5 rings (SSSR count). The Kier molecular flexibility index (Phi) is 4.40. The lowest BCUT2D eigenvalue weighted by atomic mass is 10.0. The SMILES string of the molecule is O=c1oc2ccc([N+](=O)[O-])cc2n1CN1CCCC[C@@H]1c1nc2ccccc2s1. The van der Waals surface area contributed by atoms with Crippen molar-refractivity contribution in [1.29, 1.82) is 0 Å². The highest BCUT2D eigenvalue weighted by Gasteiger charge is 2.28. The van der Waals surface area contributed by atoms with Gasteiger partial charge in [-0.05, 0) is 31.0 Å². The van der Waals surface area contributed by atoms with Gasteiger partial charge >= 0.3 is 5.76 Å². The summed E-state index contributed by atoms with van der Waals surface area (Å²) in [5.41, 5.74) is 1.72. The minimum atomic E-state index is -0.505. The van der Waals surface area contributed by atoms with Crippen LogP contribution in [0.3, 0.4) is 0 Å². The highest BCUT2D eigenvalue weighted by atomic mass is 32.1. The Morgan fingerprint density at radius 1 is 1.24 bits per heavy atom. The van der Waals surface area contributed by atoms with Gasteiger partial charge in [-0.2, -0.15) is 0 Å². The van der Waals surface area contributed by atoms with Crippen molar-refractivity contribution in [2.75, 3.05) is 6.54 Å². The Hall–Kier alpha value is -3.04. The summed E-state index contributed by atoms with van der Waals surface area (Å²) in [5.74, 6) is -0.505. The topological polar surface area (TPSA) is 94.4 Å². The number of hydrogen-bond donors (Lipinski definition) is 0. The van der Waals surface area contributed by atoms with Crippen LogP contribution in [0.5, 0.6) is 0 Å². The molecule has 29 heavy (non-hydrogen) atoms. The summed E-state index contributed by atoms with van der Waals surface area (Å²) in [5, 5.41) is 12.2. The number of benzene rings is 2. The number of likely N-dealkylation sites (tertiary alicyclic amines) is 1. The van der Waals surface area contributed by atoms with Crippen molar-refractivity contribution in [3.63, 3.8) is 0 Å². The molecule has 2 aromatic carbocycles. The second kappa shape index (κ2) is 7.09. The van der Waals surface area contributed by atoms with Gasteiger partial charge in [0, 0.05) is 18.7 Å². The molecule has 1 aliphatic rings. The van der Waals surface area contributed by atoms with Crippen molar-refractivity contribution in [1.82, 2.24) is 14.5 Å². The Balaban J connectivity index is 1.52. The maximum absolute atomic E-state index is 12.5. The zero-order valence-electron chi connectivity index (χ0n) is 15.5. The van der Waals surface area contributed by atoms with Crippen LogP contribution in [0.15, 0.2) is 51.7 Å². The maximum atomic E-state index is 12.5. The van der Waals surface area contributed by atoms with E-state index in [0.717, 1.165) is 41.0 Å². The van der Waals surface area contributed by atoms with Crippen molar-refractivity contribution in [2.45, 2.75) is 32.0 Å². The van der Waals surface area contributed by atoms with Crippen LogP contribution in [-0.4, -0.2) is 25.9 Å². The predicted octanol–water partition coefficient (Wildman–Crippen LogP) is 4.30. The first-order valence-electron chi connectivity index (χ1n) is 9.47. The molecule has 0 unspecified atom stereocenters. The van der Waals surface area contributed by atoms with Gasteiger partial charge < -0.3 is 4.42 Å². The minimum absolute atomic E-state index is 0.0617.